The molecule has 0 fully saturated rings. The minimum Gasteiger partial charge on any atom is -0.197 e. The molecule has 0 spiro atoms. The molecule has 100 valence electrons. The summed E-state index contributed by atoms with van der Waals surface area (Å²) in [5.41, 5.74) is 4.43. The first-order valence-electron chi connectivity index (χ1n) is 6.51. The van der Waals surface area contributed by atoms with Crippen LogP contribution in [0.2, 0.25) is 5.02 Å². The van der Waals surface area contributed by atoms with Crippen molar-refractivity contribution in [3.05, 3.63) is 70.9 Å². The minimum atomic E-state index is 0.714. The Labute approximate surface area is 122 Å². The van der Waals surface area contributed by atoms with Crippen molar-refractivity contribution in [3.63, 3.8) is 0 Å². The Morgan fingerprint density at radius 3 is 2.60 bits per heavy atom. The lowest BCUT2D eigenvalue weighted by atomic mass is 9.98. The van der Waals surface area contributed by atoms with E-state index in [1.807, 2.05) is 18.2 Å². The SMILES string of the molecule is Clc1ccc(CCc2ccccc2)c(-c2cn[nH]n2)c1. The topological polar surface area (TPSA) is 41.6 Å². The van der Waals surface area contributed by atoms with Gasteiger partial charge >= 0.3 is 0 Å². The monoisotopic (exact) mass is 283 g/mol. The van der Waals surface area contributed by atoms with Gasteiger partial charge in [0.2, 0.25) is 0 Å². The standard InChI is InChI=1S/C16H14ClN3/c17-14-9-8-13(7-6-12-4-2-1-3-5-12)15(10-14)16-11-18-20-19-16/h1-5,8-11H,6-7H2,(H,18,19,20). The highest BCUT2D eigenvalue weighted by Gasteiger charge is 2.08. The van der Waals surface area contributed by atoms with Crippen LogP contribution in [0.25, 0.3) is 11.3 Å². The molecule has 1 N–H and O–H groups in total. The van der Waals surface area contributed by atoms with Gasteiger partial charge in [0.15, 0.2) is 0 Å². The zero-order valence-electron chi connectivity index (χ0n) is 10.9. The fourth-order valence-corrected chi connectivity index (χ4v) is 2.43. The van der Waals surface area contributed by atoms with Gasteiger partial charge in [0.25, 0.3) is 0 Å². The molecule has 0 aliphatic heterocycles. The summed E-state index contributed by atoms with van der Waals surface area (Å²) < 4.78 is 0. The van der Waals surface area contributed by atoms with E-state index in [1.54, 1.807) is 6.20 Å². The highest BCUT2D eigenvalue weighted by molar-refractivity contribution is 6.30. The van der Waals surface area contributed by atoms with Gasteiger partial charge in [0, 0.05) is 10.6 Å². The zero-order chi connectivity index (χ0) is 13.8. The molecule has 0 unspecified atom stereocenters. The molecule has 0 atom stereocenters. The van der Waals surface area contributed by atoms with Gasteiger partial charge in [-0.1, -0.05) is 48.0 Å². The number of rotatable bonds is 4. The average molecular weight is 284 g/mol. The Morgan fingerprint density at radius 1 is 1.00 bits per heavy atom. The number of hydrogen-bond donors (Lipinski definition) is 1. The number of nitrogens with one attached hydrogen (secondary N) is 1. The van der Waals surface area contributed by atoms with Crippen LogP contribution in [0.15, 0.2) is 54.7 Å². The van der Waals surface area contributed by atoms with Gasteiger partial charge in [-0.25, -0.2) is 0 Å². The summed E-state index contributed by atoms with van der Waals surface area (Å²) in [6.07, 6.45) is 3.66. The molecule has 0 aliphatic carbocycles. The molecule has 2 aromatic carbocycles. The Kier molecular flexibility index (Phi) is 3.79. The zero-order valence-corrected chi connectivity index (χ0v) is 11.6. The number of halogens is 1. The van der Waals surface area contributed by atoms with Crippen molar-refractivity contribution in [3.8, 4) is 11.3 Å². The summed E-state index contributed by atoms with van der Waals surface area (Å²) in [6, 6.07) is 16.4. The molecule has 1 heterocycles. The molecule has 1 aromatic heterocycles. The van der Waals surface area contributed by atoms with Crippen molar-refractivity contribution in [2.45, 2.75) is 12.8 Å². The van der Waals surface area contributed by atoms with E-state index >= 15 is 0 Å². The highest BCUT2D eigenvalue weighted by Crippen LogP contribution is 2.26. The molecule has 3 nitrogen and oxygen atoms in total. The normalized spacial score (nSPS) is 10.7. The third kappa shape index (κ3) is 2.89. The maximum Gasteiger partial charge on any atom is 0.113 e. The van der Waals surface area contributed by atoms with E-state index in [-0.39, 0.29) is 0 Å². The van der Waals surface area contributed by atoms with Gasteiger partial charge in [-0.2, -0.15) is 15.4 Å². The summed E-state index contributed by atoms with van der Waals surface area (Å²) in [7, 11) is 0. The molecule has 0 saturated carbocycles. The molecule has 0 amide bonds. The van der Waals surface area contributed by atoms with Crippen LogP contribution in [0.5, 0.6) is 0 Å². The van der Waals surface area contributed by atoms with Crippen molar-refractivity contribution >= 4 is 11.6 Å². The first-order chi connectivity index (χ1) is 9.83. The number of benzene rings is 2. The Balaban J connectivity index is 1.86. The molecule has 3 aromatic rings. The van der Waals surface area contributed by atoms with Gasteiger partial charge in [-0.05, 0) is 36.1 Å². The number of hydrogen-bond acceptors (Lipinski definition) is 2. The van der Waals surface area contributed by atoms with Crippen molar-refractivity contribution in [2.24, 2.45) is 0 Å². The van der Waals surface area contributed by atoms with Crippen LogP contribution in [0.1, 0.15) is 11.1 Å². The van der Waals surface area contributed by atoms with Gasteiger partial charge in [-0.3, -0.25) is 0 Å². The van der Waals surface area contributed by atoms with Crippen LogP contribution >= 0.6 is 11.6 Å². The second-order valence-electron chi connectivity index (χ2n) is 4.64. The molecule has 0 aliphatic rings. The molecule has 0 radical (unpaired) electrons. The summed E-state index contributed by atoms with van der Waals surface area (Å²) in [5.74, 6) is 0. The lowest BCUT2D eigenvalue weighted by molar-refractivity contribution is 0.937. The fourth-order valence-electron chi connectivity index (χ4n) is 2.26. The maximum absolute atomic E-state index is 6.09. The largest absolute Gasteiger partial charge is 0.197 e. The quantitative estimate of drug-likeness (QED) is 0.789. The minimum absolute atomic E-state index is 0.714. The number of H-pyrrole nitrogens is 1. The summed E-state index contributed by atoms with van der Waals surface area (Å²) in [4.78, 5) is 0. The van der Waals surface area contributed by atoms with Crippen LogP contribution in [-0.2, 0) is 12.8 Å². The van der Waals surface area contributed by atoms with Crippen molar-refractivity contribution < 1.29 is 0 Å². The van der Waals surface area contributed by atoms with Crippen LogP contribution in [0.4, 0.5) is 0 Å². The van der Waals surface area contributed by atoms with Gasteiger partial charge in [0.05, 0.1) is 6.20 Å². The predicted molar refractivity (Wildman–Crippen MR) is 80.7 cm³/mol. The first kappa shape index (κ1) is 12.9. The molecule has 20 heavy (non-hydrogen) atoms. The Bertz CT molecular complexity index is 678. The second kappa shape index (κ2) is 5.88. The van der Waals surface area contributed by atoms with Crippen LogP contribution in [-0.4, -0.2) is 15.4 Å². The van der Waals surface area contributed by atoms with Crippen molar-refractivity contribution in [1.29, 1.82) is 0 Å². The van der Waals surface area contributed by atoms with E-state index in [4.69, 9.17) is 11.6 Å². The highest BCUT2D eigenvalue weighted by atomic mass is 35.5. The third-order valence-electron chi connectivity index (χ3n) is 3.29. The maximum atomic E-state index is 6.09. The van der Waals surface area contributed by atoms with Gasteiger partial charge < -0.3 is 0 Å². The number of aromatic amines is 1. The van der Waals surface area contributed by atoms with Crippen LogP contribution < -0.4 is 0 Å². The molecule has 0 saturated heterocycles. The van der Waals surface area contributed by atoms with E-state index in [0.29, 0.717) is 5.02 Å². The average Bonchev–Trinajstić information content (AvgIpc) is 3.01. The van der Waals surface area contributed by atoms with E-state index in [9.17, 15) is 0 Å². The molecule has 0 bridgehead atoms. The van der Waals surface area contributed by atoms with Gasteiger partial charge in [0.1, 0.15) is 5.69 Å². The fraction of sp³-hybridized carbons (Fsp3) is 0.125. The van der Waals surface area contributed by atoms with Crippen molar-refractivity contribution in [1.82, 2.24) is 15.4 Å². The Morgan fingerprint density at radius 2 is 1.85 bits per heavy atom. The molecular weight excluding hydrogens is 270 g/mol. The van der Waals surface area contributed by atoms with E-state index < -0.39 is 0 Å². The number of aromatic nitrogens is 3. The summed E-state index contributed by atoms with van der Waals surface area (Å²) in [5, 5.41) is 11.4. The van der Waals surface area contributed by atoms with E-state index in [2.05, 4.69) is 45.7 Å². The number of aryl methyl sites for hydroxylation is 2. The first-order valence-corrected chi connectivity index (χ1v) is 6.89. The molecule has 4 heteroatoms. The lowest BCUT2D eigenvalue weighted by Crippen LogP contribution is -1.95. The smallest absolute Gasteiger partial charge is 0.113 e. The van der Waals surface area contributed by atoms with Crippen molar-refractivity contribution in [2.75, 3.05) is 0 Å². The molecular formula is C16H14ClN3. The third-order valence-corrected chi connectivity index (χ3v) is 3.52. The summed E-state index contributed by atoms with van der Waals surface area (Å²) >= 11 is 6.09. The lowest BCUT2D eigenvalue weighted by Gasteiger charge is -2.08. The van der Waals surface area contributed by atoms with Crippen LogP contribution in [0, 0.1) is 0 Å². The predicted octanol–water partition coefficient (Wildman–Crippen LogP) is 3.91. The van der Waals surface area contributed by atoms with E-state index in [1.165, 1.54) is 11.1 Å². The number of nitrogens with zero attached hydrogens (tertiary/aromatic N) is 2. The van der Waals surface area contributed by atoms with Gasteiger partial charge in [-0.15, -0.1) is 0 Å². The summed E-state index contributed by atoms with van der Waals surface area (Å²) in [6.45, 7) is 0. The van der Waals surface area contributed by atoms with Crippen LogP contribution in [0.3, 0.4) is 0 Å². The van der Waals surface area contributed by atoms with E-state index in [0.717, 1.165) is 24.1 Å². The Hall–Kier alpha value is -2.13. The molecule has 3 rings (SSSR count). The second-order valence-corrected chi connectivity index (χ2v) is 5.08.